The Morgan fingerprint density at radius 1 is 1.13 bits per heavy atom. The van der Waals surface area contributed by atoms with Gasteiger partial charge in [-0.3, -0.25) is 19.7 Å². The molecular formula is C20H21N3O7. The highest BCUT2D eigenvalue weighted by molar-refractivity contribution is 6.09. The van der Waals surface area contributed by atoms with Gasteiger partial charge in [0.05, 0.1) is 26.3 Å². The fraction of sp³-hybridized carbons (Fsp3) is 0.300. The number of carbonyl (C=O) groups excluding carboxylic acids is 2. The number of nitrogens with one attached hydrogen (secondary N) is 1. The first-order valence-corrected chi connectivity index (χ1v) is 9.10. The molecule has 1 heterocycles. The molecule has 0 aliphatic carbocycles. The first kappa shape index (κ1) is 20.9. The summed E-state index contributed by atoms with van der Waals surface area (Å²) >= 11 is 0. The number of ether oxygens (including phenoxy) is 3. The Labute approximate surface area is 172 Å². The average molecular weight is 415 g/mol. The zero-order valence-electron chi connectivity index (χ0n) is 16.8. The van der Waals surface area contributed by atoms with Crippen LogP contribution in [0.5, 0.6) is 17.2 Å². The summed E-state index contributed by atoms with van der Waals surface area (Å²) in [4.78, 5) is 37.5. The molecule has 0 bridgehead atoms. The van der Waals surface area contributed by atoms with Crippen LogP contribution >= 0.6 is 0 Å². The van der Waals surface area contributed by atoms with E-state index in [1.165, 1.54) is 27.4 Å². The van der Waals surface area contributed by atoms with Gasteiger partial charge in [0.15, 0.2) is 5.75 Å². The minimum absolute atomic E-state index is 0.0118. The van der Waals surface area contributed by atoms with E-state index in [0.29, 0.717) is 24.3 Å². The fourth-order valence-electron chi connectivity index (χ4n) is 3.37. The summed E-state index contributed by atoms with van der Waals surface area (Å²) in [7, 11) is 3.90. The highest BCUT2D eigenvalue weighted by Crippen LogP contribution is 2.46. The van der Waals surface area contributed by atoms with Crippen molar-refractivity contribution in [3.05, 3.63) is 46.0 Å². The van der Waals surface area contributed by atoms with E-state index in [1.807, 2.05) is 0 Å². The number of benzene rings is 2. The molecule has 1 fully saturated rings. The zero-order valence-corrected chi connectivity index (χ0v) is 16.8. The summed E-state index contributed by atoms with van der Waals surface area (Å²) in [6.45, 7) is 0.606. The van der Waals surface area contributed by atoms with Crippen molar-refractivity contribution in [2.24, 2.45) is 0 Å². The molecule has 10 heteroatoms. The molecule has 0 saturated carbocycles. The maximum Gasteiger partial charge on any atom is 0.327 e. The summed E-state index contributed by atoms with van der Waals surface area (Å²) in [5.74, 6) is -0.813. The maximum atomic E-state index is 12.9. The van der Waals surface area contributed by atoms with Crippen molar-refractivity contribution in [2.75, 3.05) is 38.1 Å². The van der Waals surface area contributed by atoms with Crippen molar-refractivity contribution in [3.63, 3.8) is 0 Å². The number of nitrogens with zero attached hydrogens (tertiary/aromatic N) is 2. The van der Waals surface area contributed by atoms with Crippen molar-refractivity contribution in [3.8, 4) is 17.2 Å². The minimum Gasteiger partial charge on any atom is -0.493 e. The number of methoxy groups -OCH3 is 3. The number of rotatable bonds is 7. The van der Waals surface area contributed by atoms with Gasteiger partial charge in [0.25, 0.3) is 5.91 Å². The Morgan fingerprint density at radius 3 is 2.43 bits per heavy atom. The Bertz CT molecular complexity index is 1010. The van der Waals surface area contributed by atoms with E-state index in [4.69, 9.17) is 14.2 Å². The number of hydrogen-bond donors (Lipinski definition) is 1. The lowest BCUT2D eigenvalue weighted by atomic mass is 10.1. The van der Waals surface area contributed by atoms with E-state index in [0.717, 1.165) is 6.42 Å². The van der Waals surface area contributed by atoms with E-state index >= 15 is 0 Å². The van der Waals surface area contributed by atoms with E-state index < -0.39 is 16.5 Å². The number of hydrogen-bond acceptors (Lipinski definition) is 7. The Hall–Kier alpha value is -3.82. The predicted octanol–water partition coefficient (Wildman–Crippen LogP) is 3.00. The number of amides is 2. The lowest BCUT2D eigenvalue weighted by molar-refractivity contribution is -0.386. The molecule has 30 heavy (non-hydrogen) atoms. The third-order valence-electron chi connectivity index (χ3n) is 4.72. The highest BCUT2D eigenvalue weighted by atomic mass is 16.6. The van der Waals surface area contributed by atoms with Crippen molar-refractivity contribution in [1.29, 1.82) is 0 Å². The second-order valence-corrected chi connectivity index (χ2v) is 6.45. The molecule has 1 saturated heterocycles. The van der Waals surface area contributed by atoms with Crippen LogP contribution in [0.25, 0.3) is 0 Å². The third kappa shape index (κ3) is 3.84. The average Bonchev–Trinajstić information content (AvgIpc) is 3.17. The number of carbonyl (C=O) groups is 2. The molecule has 10 nitrogen and oxygen atoms in total. The standard InChI is InChI=1S/C20H21N3O7/c1-28-15-11-14(17(23(26)27)19(30-3)18(15)29-2)20(25)21-12-6-4-7-13(10-12)22-9-5-8-16(22)24/h4,6-7,10-11H,5,8-9H2,1-3H3,(H,21,25). The number of nitro benzene ring substituents is 1. The van der Waals surface area contributed by atoms with Crippen LogP contribution in [0.4, 0.5) is 17.1 Å². The van der Waals surface area contributed by atoms with E-state index in [-0.39, 0.29) is 28.7 Å². The number of nitro groups is 1. The fourth-order valence-corrected chi connectivity index (χ4v) is 3.37. The molecule has 1 aliphatic heterocycles. The van der Waals surface area contributed by atoms with Crippen LogP contribution in [0, 0.1) is 10.1 Å². The minimum atomic E-state index is -0.731. The smallest absolute Gasteiger partial charge is 0.327 e. The number of anilines is 2. The summed E-state index contributed by atoms with van der Waals surface area (Å²) in [6, 6.07) is 7.96. The van der Waals surface area contributed by atoms with Crippen molar-refractivity contribution < 1.29 is 28.7 Å². The monoisotopic (exact) mass is 415 g/mol. The zero-order chi connectivity index (χ0) is 21.8. The van der Waals surface area contributed by atoms with Gasteiger partial charge in [0, 0.05) is 30.4 Å². The Morgan fingerprint density at radius 2 is 1.87 bits per heavy atom. The predicted molar refractivity (Wildman–Crippen MR) is 109 cm³/mol. The van der Waals surface area contributed by atoms with Gasteiger partial charge in [-0.15, -0.1) is 0 Å². The first-order chi connectivity index (χ1) is 14.4. The van der Waals surface area contributed by atoms with Crippen molar-refractivity contribution in [2.45, 2.75) is 12.8 Å². The molecule has 2 amide bonds. The molecule has 1 N–H and O–H groups in total. The molecule has 0 spiro atoms. The van der Waals surface area contributed by atoms with Crippen LogP contribution in [-0.4, -0.2) is 44.6 Å². The van der Waals surface area contributed by atoms with Gasteiger partial charge in [-0.1, -0.05) is 6.07 Å². The van der Waals surface area contributed by atoms with Crippen LogP contribution in [0.2, 0.25) is 0 Å². The molecule has 158 valence electrons. The molecule has 0 atom stereocenters. The van der Waals surface area contributed by atoms with E-state index in [2.05, 4.69) is 5.32 Å². The topological polar surface area (TPSA) is 120 Å². The van der Waals surface area contributed by atoms with Gasteiger partial charge < -0.3 is 24.4 Å². The Kier molecular flexibility index (Phi) is 6.05. The maximum absolute atomic E-state index is 12.9. The second kappa shape index (κ2) is 8.68. The van der Waals surface area contributed by atoms with Gasteiger partial charge in [0.1, 0.15) is 5.56 Å². The molecule has 0 unspecified atom stereocenters. The highest BCUT2D eigenvalue weighted by Gasteiger charge is 2.32. The quantitative estimate of drug-likeness (QED) is 0.545. The van der Waals surface area contributed by atoms with E-state index in [9.17, 15) is 19.7 Å². The summed E-state index contributed by atoms with van der Waals surface area (Å²) in [5.41, 5.74) is 0.241. The van der Waals surface area contributed by atoms with Crippen LogP contribution in [0.1, 0.15) is 23.2 Å². The first-order valence-electron chi connectivity index (χ1n) is 9.10. The van der Waals surface area contributed by atoms with Crippen LogP contribution < -0.4 is 24.4 Å². The molecule has 3 rings (SSSR count). The van der Waals surface area contributed by atoms with E-state index in [1.54, 1.807) is 29.2 Å². The van der Waals surface area contributed by atoms with Gasteiger partial charge in [-0.25, -0.2) is 0 Å². The van der Waals surface area contributed by atoms with Gasteiger partial charge in [0.2, 0.25) is 17.4 Å². The summed E-state index contributed by atoms with van der Waals surface area (Å²) < 4.78 is 15.5. The van der Waals surface area contributed by atoms with Gasteiger partial charge >= 0.3 is 5.69 Å². The van der Waals surface area contributed by atoms with Gasteiger partial charge in [-0.05, 0) is 24.6 Å². The molecule has 2 aromatic rings. The Balaban J connectivity index is 1.99. The lowest BCUT2D eigenvalue weighted by Crippen LogP contribution is -2.23. The lowest BCUT2D eigenvalue weighted by Gasteiger charge is -2.17. The SMILES string of the molecule is COc1cc(C(=O)Nc2cccc(N3CCCC3=O)c2)c([N+](=O)[O-])c(OC)c1OC. The van der Waals surface area contributed by atoms with Crippen LogP contribution in [-0.2, 0) is 4.79 Å². The van der Waals surface area contributed by atoms with Crippen molar-refractivity contribution >= 4 is 28.9 Å². The summed E-state index contributed by atoms with van der Waals surface area (Å²) in [6.07, 6.45) is 1.25. The van der Waals surface area contributed by atoms with Crippen molar-refractivity contribution in [1.82, 2.24) is 0 Å². The second-order valence-electron chi connectivity index (χ2n) is 6.45. The van der Waals surface area contributed by atoms with Crippen LogP contribution in [0.3, 0.4) is 0 Å². The molecular weight excluding hydrogens is 394 g/mol. The molecule has 0 aromatic heterocycles. The summed E-state index contributed by atoms with van der Waals surface area (Å²) in [5, 5.41) is 14.3. The normalized spacial score (nSPS) is 13.2. The molecule has 1 aliphatic rings. The van der Waals surface area contributed by atoms with Crippen LogP contribution in [0.15, 0.2) is 30.3 Å². The third-order valence-corrected chi connectivity index (χ3v) is 4.72. The molecule has 2 aromatic carbocycles. The molecule has 0 radical (unpaired) electrons. The largest absolute Gasteiger partial charge is 0.493 e. The van der Waals surface area contributed by atoms with Gasteiger partial charge in [-0.2, -0.15) is 0 Å².